The molecular formula is C22H28BrNO5. The quantitative estimate of drug-likeness (QED) is 0.627. The van der Waals surface area contributed by atoms with Crippen molar-refractivity contribution in [2.75, 3.05) is 20.8 Å². The van der Waals surface area contributed by atoms with Crippen molar-refractivity contribution in [3.63, 3.8) is 0 Å². The van der Waals surface area contributed by atoms with Gasteiger partial charge < -0.3 is 19.5 Å². The minimum Gasteiger partial charge on any atom is -0.496 e. The molecule has 1 aliphatic heterocycles. The molecule has 0 unspecified atom stereocenters. The molecule has 1 atom stereocenters. The van der Waals surface area contributed by atoms with Crippen LogP contribution in [0.5, 0.6) is 11.5 Å². The summed E-state index contributed by atoms with van der Waals surface area (Å²) in [4.78, 5) is 25.3. The second-order valence-electron chi connectivity index (χ2n) is 7.67. The Hall–Kier alpha value is -2.02. The smallest absolute Gasteiger partial charge is 0.336 e. The average Bonchev–Trinajstić information content (AvgIpc) is 2.72. The highest BCUT2D eigenvalue weighted by molar-refractivity contribution is 9.10. The molecule has 6 nitrogen and oxygen atoms in total. The third kappa shape index (κ3) is 4.94. The standard InChI is InChI=1S/C22H28BrNO5/c1-13-21(22(26)29-12-14-7-5-4-6-8-14)16(10-20(25)24-13)15-9-19(28-3)17(23)11-18(15)27-2/h9,11,14,16H,4-8,10,12H2,1-3H3,(H,24,25)/t16-/m0/s1. The van der Waals surface area contributed by atoms with Crippen LogP contribution in [0.3, 0.4) is 0 Å². The maximum Gasteiger partial charge on any atom is 0.336 e. The van der Waals surface area contributed by atoms with Gasteiger partial charge in [-0.25, -0.2) is 4.79 Å². The summed E-state index contributed by atoms with van der Waals surface area (Å²) in [6, 6.07) is 3.61. The van der Waals surface area contributed by atoms with Crippen LogP contribution in [0.1, 0.15) is 56.9 Å². The minimum absolute atomic E-state index is 0.139. The van der Waals surface area contributed by atoms with Crippen molar-refractivity contribution >= 4 is 27.8 Å². The van der Waals surface area contributed by atoms with Gasteiger partial charge in [0, 0.05) is 23.6 Å². The van der Waals surface area contributed by atoms with Crippen molar-refractivity contribution in [1.82, 2.24) is 5.32 Å². The van der Waals surface area contributed by atoms with Crippen molar-refractivity contribution < 1.29 is 23.8 Å². The molecule has 0 saturated heterocycles. The van der Waals surface area contributed by atoms with Crippen LogP contribution in [0, 0.1) is 5.92 Å². The number of amides is 1. The topological polar surface area (TPSA) is 73.9 Å². The average molecular weight is 466 g/mol. The molecule has 7 heteroatoms. The molecule has 0 bridgehead atoms. The second kappa shape index (κ2) is 9.65. The van der Waals surface area contributed by atoms with E-state index in [-0.39, 0.29) is 18.3 Å². The summed E-state index contributed by atoms with van der Waals surface area (Å²) >= 11 is 3.46. The lowest BCUT2D eigenvalue weighted by Crippen LogP contribution is -2.34. The van der Waals surface area contributed by atoms with E-state index in [1.807, 2.05) is 6.07 Å². The molecule has 0 radical (unpaired) electrons. The van der Waals surface area contributed by atoms with Crippen molar-refractivity contribution in [2.45, 2.75) is 51.4 Å². The largest absolute Gasteiger partial charge is 0.496 e. The molecule has 1 amide bonds. The molecule has 1 N–H and O–H groups in total. The molecule has 2 aliphatic rings. The molecule has 0 spiro atoms. The van der Waals surface area contributed by atoms with Crippen LogP contribution in [-0.4, -0.2) is 32.7 Å². The number of hydrogen-bond acceptors (Lipinski definition) is 5. The van der Waals surface area contributed by atoms with Gasteiger partial charge in [0.15, 0.2) is 0 Å². The summed E-state index contributed by atoms with van der Waals surface area (Å²) in [5.74, 6) is 0.650. The number of hydrogen-bond donors (Lipinski definition) is 1. The van der Waals surface area contributed by atoms with E-state index in [9.17, 15) is 9.59 Å². The van der Waals surface area contributed by atoms with Gasteiger partial charge in [-0.15, -0.1) is 0 Å². The summed E-state index contributed by atoms with van der Waals surface area (Å²) < 4.78 is 17.4. The zero-order valence-corrected chi connectivity index (χ0v) is 18.8. The van der Waals surface area contributed by atoms with Crippen LogP contribution in [0.15, 0.2) is 27.9 Å². The van der Waals surface area contributed by atoms with E-state index < -0.39 is 5.92 Å². The molecular weight excluding hydrogens is 438 g/mol. The van der Waals surface area contributed by atoms with Crippen LogP contribution in [-0.2, 0) is 14.3 Å². The molecule has 0 aromatic heterocycles. The first-order chi connectivity index (χ1) is 13.9. The summed E-state index contributed by atoms with van der Waals surface area (Å²) in [6.07, 6.45) is 5.99. The van der Waals surface area contributed by atoms with E-state index in [2.05, 4.69) is 21.2 Å². The first-order valence-corrected chi connectivity index (χ1v) is 10.8. The van der Waals surface area contributed by atoms with Gasteiger partial charge in [-0.1, -0.05) is 19.3 Å². The predicted molar refractivity (Wildman–Crippen MR) is 113 cm³/mol. The number of carbonyl (C=O) groups excluding carboxylic acids is 2. The first-order valence-electron chi connectivity index (χ1n) is 10.0. The Morgan fingerprint density at radius 3 is 2.48 bits per heavy atom. The van der Waals surface area contributed by atoms with Crippen molar-refractivity contribution in [1.29, 1.82) is 0 Å². The van der Waals surface area contributed by atoms with Gasteiger partial charge in [0.1, 0.15) is 11.5 Å². The van der Waals surface area contributed by atoms with E-state index in [4.69, 9.17) is 14.2 Å². The highest BCUT2D eigenvalue weighted by atomic mass is 79.9. The lowest BCUT2D eigenvalue weighted by molar-refractivity contribution is -0.141. The van der Waals surface area contributed by atoms with E-state index in [1.54, 1.807) is 27.2 Å². The van der Waals surface area contributed by atoms with Crippen LogP contribution in [0.25, 0.3) is 0 Å². The van der Waals surface area contributed by atoms with Crippen molar-refractivity contribution in [3.8, 4) is 11.5 Å². The zero-order valence-electron chi connectivity index (χ0n) is 17.2. The molecule has 1 aromatic carbocycles. The predicted octanol–water partition coefficient (Wildman–Crippen LogP) is 4.47. The fourth-order valence-electron chi connectivity index (χ4n) is 4.22. The fourth-order valence-corrected chi connectivity index (χ4v) is 4.70. The SMILES string of the molecule is COc1cc([C@@H]2CC(=O)NC(C)=C2C(=O)OCC2CCCCC2)c(OC)cc1Br. The van der Waals surface area contributed by atoms with E-state index in [0.29, 0.717) is 35.3 Å². The Morgan fingerprint density at radius 2 is 1.83 bits per heavy atom. The number of ether oxygens (including phenoxy) is 3. The third-order valence-corrected chi connectivity index (χ3v) is 6.36. The maximum absolute atomic E-state index is 13.0. The number of methoxy groups -OCH3 is 2. The Bertz CT molecular complexity index is 814. The van der Waals surface area contributed by atoms with Gasteiger partial charge in [-0.05, 0) is 53.7 Å². The zero-order chi connectivity index (χ0) is 21.0. The fraction of sp³-hybridized carbons (Fsp3) is 0.545. The Morgan fingerprint density at radius 1 is 1.14 bits per heavy atom. The summed E-state index contributed by atoms with van der Waals surface area (Å²) in [7, 11) is 3.14. The van der Waals surface area contributed by atoms with E-state index in [0.717, 1.165) is 22.9 Å². The lowest BCUT2D eigenvalue weighted by Gasteiger charge is -2.29. The number of esters is 1. The van der Waals surface area contributed by atoms with Crippen LogP contribution in [0.4, 0.5) is 0 Å². The van der Waals surface area contributed by atoms with Crippen molar-refractivity contribution in [3.05, 3.63) is 33.4 Å². The summed E-state index contributed by atoms with van der Waals surface area (Å²) in [5, 5.41) is 2.78. The number of nitrogens with one attached hydrogen (secondary N) is 1. The summed E-state index contributed by atoms with van der Waals surface area (Å²) in [5.41, 5.74) is 1.73. The van der Waals surface area contributed by atoms with Crippen LogP contribution >= 0.6 is 15.9 Å². The van der Waals surface area contributed by atoms with Gasteiger partial charge in [0.2, 0.25) is 5.91 Å². The minimum atomic E-state index is -0.459. The number of carbonyl (C=O) groups is 2. The molecule has 29 heavy (non-hydrogen) atoms. The normalized spacial score (nSPS) is 20.3. The maximum atomic E-state index is 13.0. The molecule has 158 valence electrons. The van der Waals surface area contributed by atoms with Gasteiger partial charge in [-0.3, -0.25) is 4.79 Å². The number of halogens is 1. The van der Waals surface area contributed by atoms with E-state index >= 15 is 0 Å². The molecule has 1 aliphatic carbocycles. The molecule has 1 fully saturated rings. The van der Waals surface area contributed by atoms with Crippen LogP contribution in [0.2, 0.25) is 0 Å². The molecule has 1 aromatic rings. The molecule has 3 rings (SSSR count). The van der Waals surface area contributed by atoms with Crippen molar-refractivity contribution in [2.24, 2.45) is 5.92 Å². The number of rotatable bonds is 6. The highest BCUT2D eigenvalue weighted by Crippen LogP contribution is 2.42. The lowest BCUT2D eigenvalue weighted by atomic mass is 9.83. The second-order valence-corrected chi connectivity index (χ2v) is 8.53. The Labute approximate surface area is 180 Å². The first kappa shape index (κ1) is 21.7. The molecule has 1 saturated carbocycles. The monoisotopic (exact) mass is 465 g/mol. The van der Waals surface area contributed by atoms with Crippen LogP contribution < -0.4 is 14.8 Å². The highest BCUT2D eigenvalue weighted by Gasteiger charge is 2.35. The van der Waals surface area contributed by atoms with Gasteiger partial charge in [0.05, 0.1) is 30.9 Å². The van der Waals surface area contributed by atoms with Gasteiger partial charge >= 0.3 is 5.97 Å². The Balaban J connectivity index is 1.90. The Kier molecular flexibility index (Phi) is 7.22. The molecule has 1 heterocycles. The van der Waals surface area contributed by atoms with Gasteiger partial charge in [-0.2, -0.15) is 0 Å². The number of benzene rings is 1. The third-order valence-electron chi connectivity index (χ3n) is 5.74. The van der Waals surface area contributed by atoms with E-state index in [1.165, 1.54) is 19.3 Å². The van der Waals surface area contributed by atoms with Gasteiger partial charge in [0.25, 0.3) is 0 Å². The number of allylic oxidation sites excluding steroid dienone is 1. The summed E-state index contributed by atoms with van der Waals surface area (Å²) in [6.45, 7) is 2.17.